The van der Waals surface area contributed by atoms with Crippen molar-refractivity contribution in [3.8, 4) is 0 Å². The third kappa shape index (κ3) is 3.78. The van der Waals surface area contributed by atoms with Gasteiger partial charge < -0.3 is 0 Å². The van der Waals surface area contributed by atoms with Gasteiger partial charge in [-0.15, -0.1) is 0 Å². The molecule has 6 heteroatoms. The zero-order chi connectivity index (χ0) is 13.9. The fourth-order valence-corrected chi connectivity index (χ4v) is 2.78. The van der Waals surface area contributed by atoms with Crippen LogP contribution in [0.1, 0.15) is 5.69 Å². The van der Waals surface area contributed by atoms with Gasteiger partial charge in [-0.05, 0) is 36.4 Å². The van der Waals surface area contributed by atoms with Gasteiger partial charge in [-0.1, -0.05) is 22.0 Å². The normalized spacial score (nSPS) is 11.3. The van der Waals surface area contributed by atoms with Gasteiger partial charge >= 0.3 is 0 Å². The molecule has 0 bridgehead atoms. The predicted molar refractivity (Wildman–Crippen MR) is 79.4 cm³/mol. The first-order valence-corrected chi connectivity index (χ1v) is 8.24. The maximum atomic E-state index is 11.9. The first-order valence-electron chi connectivity index (χ1n) is 5.60. The molecule has 0 atom stereocenters. The molecule has 1 heterocycles. The van der Waals surface area contributed by atoms with Crippen LogP contribution in [0.2, 0.25) is 0 Å². The van der Waals surface area contributed by atoms with Crippen molar-refractivity contribution < 1.29 is 8.42 Å². The lowest BCUT2D eigenvalue weighted by molar-refractivity contribution is 0.596. The third-order valence-electron chi connectivity index (χ3n) is 2.55. The molecule has 0 saturated carbocycles. The van der Waals surface area contributed by atoms with E-state index in [0.717, 1.165) is 4.47 Å². The maximum Gasteiger partial charge on any atom is 0.232 e. The number of hydrogen-bond donors (Lipinski definition) is 0. The molecular formula is C13H13BrN2O2S. The summed E-state index contributed by atoms with van der Waals surface area (Å²) in [6, 6.07) is 12.6. The van der Waals surface area contributed by atoms with Crippen molar-refractivity contribution in [1.82, 2.24) is 4.98 Å². The topological polar surface area (TPSA) is 50.3 Å². The van der Waals surface area contributed by atoms with Crippen molar-refractivity contribution in [2.24, 2.45) is 0 Å². The Labute approximate surface area is 121 Å². The highest BCUT2D eigenvalue weighted by Gasteiger charge is 2.18. The lowest BCUT2D eigenvalue weighted by atomic mass is 10.3. The Kier molecular flexibility index (Phi) is 4.21. The van der Waals surface area contributed by atoms with Crippen LogP contribution in [-0.2, 0) is 16.6 Å². The first-order chi connectivity index (χ1) is 8.97. The summed E-state index contributed by atoms with van der Waals surface area (Å²) in [7, 11) is -3.35. The molecule has 1 aromatic carbocycles. The summed E-state index contributed by atoms with van der Waals surface area (Å²) in [4.78, 5) is 4.16. The molecule has 1 aromatic heterocycles. The second kappa shape index (κ2) is 5.71. The lowest BCUT2D eigenvalue weighted by Gasteiger charge is -2.22. The zero-order valence-electron chi connectivity index (χ0n) is 10.3. The largest absolute Gasteiger partial charge is 0.264 e. The van der Waals surface area contributed by atoms with Gasteiger partial charge in [-0.3, -0.25) is 9.29 Å². The van der Waals surface area contributed by atoms with Crippen molar-refractivity contribution in [2.75, 3.05) is 10.6 Å². The van der Waals surface area contributed by atoms with Gasteiger partial charge in [0.05, 0.1) is 24.2 Å². The van der Waals surface area contributed by atoms with Crippen LogP contribution in [0.15, 0.2) is 53.1 Å². The first kappa shape index (κ1) is 14.0. The number of pyridine rings is 1. The minimum atomic E-state index is -3.35. The summed E-state index contributed by atoms with van der Waals surface area (Å²) in [5.74, 6) is 0. The molecule has 0 spiro atoms. The summed E-state index contributed by atoms with van der Waals surface area (Å²) in [5.41, 5.74) is 1.33. The molecule has 0 saturated heterocycles. The van der Waals surface area contributed by atoms with Crippen LogP contribution >= 0.6 is 15.9 Å². The Morgan fingerprint density at radius 2 is 1.84 bits per heavy atom. The fourth-order valence-electron chi connectivity index (χ4n) is 1.65. The Hall–Kier alpha value is -1.40. The van der Waals surface area contributed by atoms with Gasteiger partial charge in [0.2, 0.25) is 10.0 Å². The minimum absolute atomic E-state index is 0.224. The average molecular weight is 341 g/mol. The summed E-state index contributed by atoms with van der Waals surface area (Å²) >= 11 is 3.33. The average Bonchev–Trinajstić information content (AvgIpc) is 2.37. The molecule has 2 aromatic rings. The Balaban J connectivity index is 2.35. The molecule has 19 heavy (non-hydrogen) atoms. The van der Waals surface area contributed by atoms with E-state index in [9.17, 15) is 8.42 Å². The van der Waals surface area contributed by atoms with Crippen molar-refractivity contribution in [3.05, 3.63) is 58.8 Å². The number of nitrogens with zero attached hydrogens (tertiary/aromatic N) is 2. The second-order valence-corrected chi connectivity index (χ2v) is 6.89. The Bertz CT molecular complexity index is 642. The minimum Gasteiger partial charge on any atom is -0.264 e. The summed E-state index contributed by atoms with van der Waals surface area (Å²) in [6.07, 6.45) is 2.84. The lowest BCUT2D eigenvalue weighted by Crippen LogP contribution is -2.29. The number of hydrogen-bond acceptors (Lipinski definition) is 3. The predicted octanol–water partition coefficient (Wildman–Crippen LogP) is 2.81. The molecule has 0 amide bonds. The van der Waals surface area contributed by atoms with E-state index in [1.807, 2.05) is 18.2 Å². The molecule has 0 unspecified atom stereocenters. The number of aromatic nitrogens is 1. The summed E-state index contributed by atoms with van der Waals surface area (Å²) < 4.78 is 26.1. The molecule has 0 fully saturated rings. The van der Waals surface area contributed by atoms with Crippen LogP contribution < -0.4 is 4.31 Å². The second-order valence-electron chi connectivity index (χ2n) is 4.07. The summed E-state index contributed by atoms with van der Waals surface area (Å²) in [6.45, 7) is 0.224. The van der Waals surface area contributed by atoms with Gasteiger partial charge in [-0.25, -0.2) is 8.42 Å². The van der Waals surface area contributed by atoms with E-state index in [4.69, 9.17) is 0 Å². The number of anilines is 1. The Morgan fingerprint density at radius 3 is 2.37 bits per heavy atom. The highest BCUT2D eigenvalue weighted by molar-refractivity contribution is 9.10. The fraction of sp³-hybridized carbons (Fsp3) is 0.154. The van der Waals surface area contributed by atoms with Crippen molar-refractivity contribution in [1.29, 1.82) is 0 Å². The molecule has 100 valence electrons. The van der Waals surface area contributed by atoms with E-state index in [-0.39, 0.29) is 6.54 Å². The molecule has 4 nitrogen and oxygen atoms in total. The number of benzene rings is 1. The van der Waals surface area contributed by atoms with Crippen molar-refractivity contribution in [3.63, 3.8) is 0 Å². The molecule has 0 radical (unpaired) electrons. The highest BCUT2D eigenvalue weighted by Crippen LogP contribution is 2.22. The number of rotatable bonds is 4. The molecule has 0 N–H and O–H groups in total. The van der Waals surface area contributed by atoms with Gasteiger partial charge in [0, 0.05) is 10.7 Å². The zero-order valence-corrected chi connectivity index (χ0v) is 12.7. The summed E-state index contributed by atoms with van der Waals surface area (Å²) in [5, 5.41) is 0. The Morgan fingerprint density at radius 1 is 1.16 bits per heavy atom. The monoisotopic (exact) mass is 340 g/mol. The standard InChI is InChI=1S/C13H13BrN2O2S/c1-19(17,18)16(10-12-4-2-3-9-15-12)13-7-5-11(14)6-8-13/h2-9H,10H2,1H3. The van der Waals surface area contributed by atoms with Gasteiger partial charge in [-0.2, -0.15) is 0 Å². The van der Waals surface area contributed by atoms with Crippen LogP contribution in [0.3, 0.4) is 0 Å². The van der Waals surface area contributed by atoms with Crippen LogP contribution in [-0.4, -0.2) is 19.7 Å². The van der Waals surface area contributed by atoms with Crippen LogP contribution in [0, 0.1) is 0 Å². The molecule has 2 rings (SSSR count). The van der Waals surface area contributed by atoms with Crippen molar-refractivity contribution >= 4 is 31.6 Å². The highest BCUT2D eigenvalue weighted by atomic mass is 79.9. The third-order valence-corrected chi connectivity index (χ3v) is 4.22. The van der Waals surface area contributed by atoms with Gasteiger partial charge in [0.1, 0.15) is 0 Å². The van der Waals surface area contributed by atoms with Crippen LogP contribution in [0.5, 0.6) is 0 Å². The van der Waals surface area contributed by atoms with E-state index >= 15 is 0 Å². The number of sulfonamides is 1. The van der Waals surface area contributed by atoms with Gasteiger partial charge in [0.25, 0.3) is 0 Å². The molecule has 0 aliphatic carbocycles. The van der Waals surface area contributed by atoms with Gasteiger partial charge in [0.15, 0.2) is 0 Å². The van der Waals surface area contributed by atoms with Crippen LogP contribution in [0.4, 0.5) is 5.69 Å². The molecule has 0 aliphatic heterocycles. The van der Waals surface area contributed by atoms with E-state index in [1.54, 1.807) is 30.5 Å². The van der Waals surface area contributed by atoms with Crippen LogP contribution in [0.25, 0.3) is 0 Å². The van der Waals surface area contributed by atoms with E-state index in [2.05, 4.69) is 20.9 Å². The quantitative estimate of drug-likeness (QED) is 0.859. The van der Waals surface area contributed by atoms with E-state index in [0.29, 0.717) is 11.4 Å². The molecular weight excluding hydrogens is 328 g/mol. The van der Waals surface area contributed by atoms with E-state index < -0.39 is 10.0 Å². The molecule has 0 aliphatic rings. The maximum absolute atomic E-state index is 11.9. The smallest absolute Gasteiger partial charge is 0.232 e. The number of halogens is 1. The SMILES string of the molecule is CS(=O)(=O)N(Cc1ccccn1)c1ccc(Br)cc1. The van der Waals surface area contributed by atoms with Crippen molar-refractivity contribution in [2.45, 2.75) is 6.54 Å². The van der Waals surface area contributed by atoms with E-state index in [1.165, 1.54) is 10.6 Å².